The maximum absolute atomic E-state index is 11.2. The fraction of sp³-hybridized carbons (Fsp3) is 0.300. The van der Waals surface area contributed by atoms with Gasteiger partial charge in [-0.25, -0.2) is 0 Å². The van der Waals surface area contributed by atoms with Crippen molar-refractivity contribution in [3.05, 3.63) is 33.9 Å². The van der Waals surface area contributed by atoms with Crippen LogP contribution in [0.2, 0.25) is 0 Å². The average molecular weight is 260 g/mol. The first-order valence-corrected chi connectivity index (χ1v) is 6.10. The third kappa shape index (κ3) is 2.74. The summed E-state index contributed by atoms with van der Waals surface area (Å²) in [6.45, 7) is 1.39. The number of nitro groups is 1. The zero-order valence-corrected chi connectivity index (χ0v) is 10.3. The summed E-state index contributed by atoms with van der Waals surface area (Å²) in [5.41, 5.74) is 0.618. The van der Waals surface area contributed by atoms with E-state index in [0.717, 1.165) is 0 Å². The Morgan fingerprint density at radius 2 is 2.19 bits per heavy atom. The molecular weight excluding hydrogens is 250 g/mol. The molecular formula is C10H10ClNO3S. The van der Waals surface area contributed by atoms with Crippen molar-refractivity contribution in [1.29, 1.82) is 0 Å². The number of carbonyl (C=O) groups excluding carboxylic acids is 1. The standard InChI is InChI=1S/C10H10ClNO3S/c1-6(13)10(11)8-4-3-7(12(14)15)5-9(8)16-2/h3-5,10H,1-2H3. The first-order chi connectivity index (χ1) is 7.47. The molecule has 1 rings (SSSR count). The Balaban J connectivity index is 3.21. The van der Waals surface area contributed by atoms with Crippen molar-refractivity contribution in [2.45, 2.75) is 17.2 Å². The number of hydrogen-bond acceptors (Lipinski definition) is 4. The van der Waals surface area contributed by atoms with Gasteiger partial charge in [-0.2, -0.15) is 0 Å². The lowest BCUT2D eigenvalue weighted by molar-refractivity contribution is -0.385. The van der Waals surface area contributed by atoms with E-state index < -0.39 is 10.3 Å². The Hall–Kier alpha value is -1.07. The van der Waals surface area contributed by atoms with E-state index in [1.54, 1.807) is 6.26 Å². The number of nitrogens with zero attached hydrogens (tertiary/aromatic N) is 1. The predicted molar refractivity (Wildman–Crippen MR) is 64.2 cm³/mol. The Kier molecular flexibility index (Phi) is 4.32. The molecule has 0 fully saturated rings. The Labute approximate surface area is 102 Å². The minimum atomic E-state index is -0.747. The van der Waals surface area contributed by atoms with Crippen molar-refractivity contribution in [1.82, 2.24) is 0 Å². The molecule has 0 radical (unpaired) electrons. The van der Waals surface area contributed by atoms with Gasteiger partial charge >= 0.3 is 0 Å². The van der Waals surface area contributed by atoms with E-state index in [4.69, 9.17) is 11.6 Å². The van der Waals surface area contributed by atoms with Crippen molar-refractivity contribution in [3.8, 4) is 0 Å². The second-order valence-electron chi connectivity index (χ2n) is 3.16. The molecule has 16 heavy (non-hydrogen) atoms. The molecule has 0 aliphatic rings. The van der Waals surface area contributed by atoms with E-state index >= 15 is 0 Å². The number of nitro benzene ring substituents is 1. The highest BCUT2D eigenvalue weighted by molar-refractivity contribution is 7.98. The molecule has 0 saturated heterocycles. The zero-order chi connectivity index (χ0) is 12.3. The molecule has 0 N–H and O–H groups in total. The van der Waals surface area contributed by atoms with Crippen molar-refractivity contribution < 1.29 is 9.72 Å². The highest BCUT2D eigenvalue weighted by Gasteiger charge is 2.19. The molecule has 86 valence electrons. The minimum absolute atomic E-state index is 0.000480. The van der Waals surface area contributed by atoms with Crippen molar-refractivity contribution in [2.24, 2.45) is 0 Å². The van der Waals surface area contributed by atoms with E-state index in [9.17, 15) is 14.9 Å². The van der Waals surface area contributed by atoms with Crippen LogP contribution in [0.15, 0.2) is 23.1 Å². The lowest BCUT2D eigenvalue weighted by Crippen LogP contribution is -2.03. The van der Waals surface area contributed by atoms with E-state index in [2.05, 4.69) is 0 Å². The maximum Gasteiger partial charge on any atom is 0.270 e. The number of alkyl halides is 1. The SMILES string of the molecule is CSc1cc([N+](=O)[O-])ccc1C(Cl)C(C)=O. The van der Waals surface area contributed by atoms with E-state index in [1.807, 2.05) is 0 Å². The number of ketones is 1. The van der Waals surface area contributed by atoms with Gasteiger partial charge < -0.3 is 0 Å². The summed E-state index contributed by atoms with van der Waals surface area (Å²) in [4.78, 5) is 21.9. The monoisotopic (exact) mass is 259 g/mol. The molecule has 0 aromatic heterocycles. The molecule has 0 amide bonds. The van der Waals surface area contributed by atoms with Crippen molar-refractivity contribution in [3.63, 3.8) is 0 Å². The van der Waals surface area contributed by atoms with Crippen molar-refractivity contribution in [2.75, 3.05) is 6.26 Å². The third-order valence-corrected chi connectivity index (χ3v) is 3.39. The van der Waals surface area contributed by atoms with Crippen LogP contribution >= 0.6 is 23.4 Å². The molecule has 1 aromatic carbocycles. The Morgan fingerprint density at radius 3 is 2.62 bits per heavy atom. The maximum atomic E-state index is 11.2. The summed E-state index contributed by atoms with van der Waals surface area (Å²) in [5.74, 6) is -0.175. The molecule has 0 heterocycles. The third-order valence-electron chi connectivity index (χ3n) is 2.06. The molecule has 1 aromatic rings. The number of rotatable bonds is 4. The smallest absolute Gasteiger partial charge is 0.270 e. The number of halogens is 1. The van der Waals surface area contributed by atoms with Crippen LogP contribution in [0.3, 0.4) is 0 Å². The van der Waals surface area contributed by atoms with E-state index in [0.29, 0.717) is 10.5 Å². The van der Waals surface area contributed by atoms with Crippen LogP contribution in [0, 0.1) is 10.1 Å². The quantitative estimate of drug-likeness (QED) is 0.361. The van der Waals surface area contributed by atoms with Gasteiger partial charge in [-0.05, 0) is 24.8 Å². The number of hydrogen-bond donors (Lipinski definition) is 0. The minimum Gasteiger partial charge on any atom is -0.298 e. The van der Waals surface area contributed by atoms with Gasteiger partial charge in [0.05, 0.1) is 4.92 Å². The molecule has 6 heteroatoms. The van der Waals surface area contributed by atoms with Gasteiger partial charge in [-0.15, -0.1) is 23.4 Å². The number of benzene rings is 1. The molecule has 1 unspecified atom stereocenters. The van der Waals surface area contributed by atoms with Gasteiger partial charge in [0.1, 0.15) is 5.38 Å². The van der Waals surface area contributed by atoms with E-state index in [1.165, 1.54) is 36.9 Å². The predicted octanol–water partition coefficient (Wildman–Crippen LogP) is 3.19. The molecule has 4 nitrogen and oxygen atoms in total. The van der Waals surface area contributed by atoms with Gasteiger partial charge in [-0.1, -0.05) is 0 Å². The molecule has 0 spiro atoms. The summed E-state index contributed by atoms with van der Waals surface area (Å²) >= 11 is 7.26. The van der Waals surface area contributed by atoms with E-state index in [-0.39, 0.29) is 11.5 Å². The van der Waals surface area contributed by atoms with Crippen LogP contribution < -0.4 is 0 Å². The van der Waals surface area contributed by atoms with Crippen LogP contribution in [0.25, 0.3) is 0 Å². The number of carbonyl (C=O) groups is 1. The first kappa shape index (κ1) is 13.0. The largest absolute Gasteiger partial charge is 0.298 e. The van der Waals surface area contributed by atoms with Crippen LogP contribution in [0.4, 0.5) is 5.69 Å². The lowest BCUT2D eigenvalue weighted by Gasteiger charge is -2.10. The summed E-state index contributed by atoms with van der Waals surface area (Å²) in [7, 11) is 0. The first-order valence-electron chi connectivity index (χ1n) is 4.44. The van der Waals surface area contributed by atoms with Gasteiger partial charge in [0.2, 0.25) is 0 Å². The summed E-state index contributed by atoms with van der Waals surface area (Å²) in [6.07, 6.45) is 1.78. The number of Topliss-reactive ketones (excluding diaryl/α,β-unsaturated/α-hetero) is 1. The van der Waals surface area contributed by atoms with Gasteiger partial charge in [-0.3, -0.25) is 14.9 Å². The second-order valence-corrected chi connectivity index (χ2v) is 4.44. The fourth-order valence-electron chi connectivity index (χ4n) is 1.24. The highest BCUT2D eigenvalue weighted by Crippen LogP contribution is 2.33. The Morgan fingerprint density at radius 1 is 1.56 bits per heavy atom. The lowest BCUT2D eigenvalue weighted by atomic mass is 10.1. The zero-order valence-electron chi connectivity index (χ0n) is 8.77. The Bertz CT molecular complexity index is 436. The normalized spacial score (nSPS) is 12.2. The molecule has 0 bridgehead atoms. The van der Waals surface area contributed by atoms with Crippen LogP contribution in [-0.2, 0) is 4.79 Å². The van der Waals surface area contributed by atoms with Crippen LogP contribution in [-0.4, -0.2) is 17.0 Å². The van der Waals surface area contributed by atoms with Gasteiger partial charge in [0.25, 0.3) is 5.69 Å². The van der Waals surface area contributed by atoms with Crippen LogP contribution in [0.1, 0.15) is 17.9 Å². The summed E-state index contributed by atoms with van der Waals surface area (Å²) < 4.78 is 0. The number of non-ortho nitro benzene ring substituents is 1. The molecule has 0 aliphatic carbocycles. The topological polar surface area (TPSA) is 60.2 Å². The van der Waals surface area contributed by atoms with Gasteiger partial charge in [0, 0.05) is 17.0 Å². The summed E-state index contributed by atoms with van der Waals surface area (Å²) in [6, 6.07) is 4.31. The average Bonchev–Trinajstić information content (AvgIpc) is 2.26. The summed E-state index contributed by atoms with van der Waals surface area (Å²) in [5, 5.41) is 9.83. The molecule has 0 saturated carbocycles. The second kappa shape index (κ2) is 5.32. The number of thioether (sulfide) groups is 1. The molecule has 1 atom stereocenters. The molecule has 0 aliphatic heterocycles. The highest BCUT2D eigenvalue weighted by atomic mass is 35.5. The van der Waals surface area contributed by atoms with Gasteiger partial charge in [0.15, 0.2) is 5.78 Å². The van der Waals surface area contributed by atoms with Crippen LogP contribution in [0.5, 0.6) is 0 Å². The fourth-order valence-corrected chi connectivity index (χ4v) is 2.16. The van der Waals surface area contributed by atoms with Crippen molar-refractivity contribution >= 4 is 34.8 Å².